The average Bonchev–Trinajstić information content (AvgIpc) is 2.55. The van der Waals surface area contributed by atoms with Gasteiger partial charge in [0.25, 0.3) is 0 Å². The van der Waals surface area contributed by atoms with Crippen LogP contribution in [0.5, 0.6) is 0 Å². The van der Waals surface area contributed by atoms with Crippen LogP contribution in [-0.4, -0.2) is 28.6 Å². The second kappa shape index (κ2) is 7.13. The lowest BCUT2D eigenvalue weighted by molar-refractivity contribution is -0.124. The van der Waals surface area contributed by atoms with Gasteiger partial charge >= 0.3 is 0 Å². The summed E-state index contributed by atoms with van der Waals surface area (Å²) in [6.45, 7) is 0.746. The van der Waals surface area contributed by atoms with Gasteiger partial charge in [0.15, 0.2) is 0 Å². The number of amides is 2. The molecule has 0 saturated heterocycles. The maximum Gasteiger partial charge on any atom is 0.238 e. The van der Waals surface area contributed by atoms with Crippen molar-refractivity contribution in [2.24, 2.45) is 5.92 Å². The van der Waals surface area contributed by atoms with Crippen LogP contribution >= 0.6 is 11.8 Å². The van der Waals surface area contributed by atoms with Crippen LogP contribution in [0.15, 0.2) is 23.4 Å². The van der Waals surface area contributed by atoms with Crippen molar-refractivity contribution >= 4 is 29.3 Å². The molecule has 5 nitrogen and oxygen atoms in total. The van der Waals surface area contributed by atoms with E-state index in [1.54, 1.807) is 18.5 Å². The molecule has 0 radical (unpaired) electrons. The lowest BCUT2D eigenvalue weighted by Gasteiger charge is -2.24. The summed E-state index contributed by atoms with van der Waals surface area (Å²) in [5.74, 6) is 0.470. The lowest BCUT2D eigenvalue weighted by atomic mass is 9.89. The number of pyridine rings is 1. The van der Waals surface area contributed by atoms with E-state index in [0.717, 1.165) is 17.1 Å². The molecule has 3 rings (SSSR count). The van der Waals surface area contributed by atoms with E-state index in [9.17, 15) is 9.59 Å². The molecule has 2 heterocycles. The molecule has 1 aliphatic carbocycles. The van der Waals surface area contributed by atoms with Crippen LogP contribution < -0.4 is 10.6 Å². The lowest BCUT2D eigenvalue weighted by Crippen LogP contribution is -2.36. The number of carbonyl (C=O) groups excluding carboxylic acids is 2. The van der Waals surface area contributed by atoms with E-state index >= 15 is 0 Å². The van der Waals surface area contributed by atoms with Crippen LogP contribution in [0.2, 0.25) is 0 Å². The Morgan fingerprint density at radius 1 is 1.36 bits per heavy atom. The molecule has 1 fully saturated rings. The van der Waals surface area contributed by atoms with E-state index in [2.05, 4.69) is 15.6 Å². The van der Waals surface area contributed by atoms with Gasteiger partial charge in [-0.1, -0.05) is 19.3 Å². The van der Waals surface area contributed by atoms with Crippen LogP contribution in [0.1, 0.15) is 38.5 Å². The van der Waals surface area contributed by atoms with E-state index in [0.29, 0.717) is 5.92 Å². The zero-order chi connectivity index (χ0) is 15.4. The predicted octanol–water partition coefficient (Wildman–Crippen LogP) is 2.58. The summed E-state index contributed by atoms with van der Waals surface area (Å²) in [6.07, 6.45) is 9.87. The molecule has 2 amide bonds. The minimum atomic E-state index is -0.372. The van der Waals surface area contributed by atoms with Gasteiger partial charge in [-0.15, -0.1) is 11.8 Å². The van der Waals surface area contributed by atoms with Gasteiger partial charge in [-0.05, 0) is 24.8 Å². The predicted molar refractivity (Wildman–Crippen MR) is 86.7 cm³/mol. The first-order chi connectivity index (χ1) is 10.7. The molecule has 0 spiro atoms. The number of aromatic nitrogens is 1. The summed E-state index contributed by atoms with van der Waals surface area (Å²) < 4.78 is 0. The van der Waals surface area contributed by atoms with Gasteiger partial charge in [0, 0.05) is 25.4 Å². The highest BCUT2D eigenvalue weighted by Gasteiger charge is 2.29. The first kappa shape index (κ1) is 15.3. The van der Waals surface area contributed by atoms with E-state index in [1.807, 2.05) is 0 Å². The first-order valence-electron chi connectivity index (χ1n) is 7.90. The smallest absolute Gasteiger partial charge is 0.238 e. The number of fused-ring (bicyclic) bond motifs is 1. The minimum absolute atomic E-state index is 0.0365. The molecule has 1 aliphatic heterocycles. The number of hydrogen-bond donors (Lipinski definition) is 2. The molecule has 1 saturated carbocycles. The van der Waals surface area contributed by atoms with E-state index in [-0.39, 0.29) is 23.5 Å². The Morgan fingerprint density at radius 2 is 2.18 bits per heavy atom. The molecule has 0 bridgehead atoms. The second-order valence-electron chi connectivity index (χ2n) is 5.98. The third-order valence-electron chi connectivity index (χ3n) is 4.29. The molecule has 2 N–H and O–H groups in total. The summed E-state index contributed by atoms with van der Waals surface area (Å²) in [5.41, 5.74) is 0.781. The van der Waals surface area contributed by atoms with Gasteiger partial charge in [-0.25, -0.2) is 0 Å². The third kappa shape index (κ3) is 3.80. The number of nitrogens with zero attached hydrogens (tertiary/aromatic N) is 1. The van der Waals surface area contributed by atoms with Crippen LogP contribution in [0, 0.1) is 5.92 Å². The number of hydrogen-bond acceptors (Lipinski definition) is 4. The minimum Gasteiger partial charge on any atom is -0.356 e. The monoisotopic (exact) mass is 319 g/mol. The Bertz CT molecular complexity index is 558. The van der Waals surface area contributed by atoms with E-state index < -0.39 is 0 Å². The highest BCUT2D eigenvalue weighted by Crippen LogP contribution is 2.35. The van der Waals surface area contributed by atoms with Crippen molar-refractivity contribution in [3.8, 4) is 0 Å². The molecule has 6 heteroatoms. The van der Waals surface area contributed by atoms with Crippen molar-refractivity contribution in [2.45, 2.75) is 48.7 Å². The summed E-state index contributed by atoms with van der Waals surface area (Å²) in [7, 11) is 0. The molecule has 1 aromatic rings. The highest BCUT2D eigenvalue weighted by atomic mass is 32.2. The quantitative estimate of drug-likeness (QED) is 0.895. The SMILES string of the molecule is O=C(CC1Sc2cnccc2NC1=O)NCC1CCCCC1. The normalized spacial score (nSPS) is 21.8. The maximum absolute atomic E-state index is 12.1. The van der Waals surface area contributed by atoms with Crippen molar-refractivity contribution in [2.75, 3.05) is 11.9 Å². The summed E-state index contributed by atoms with van der Waals surface area (Å²) in [4.78, 5) is 29.1. The Morgan fingerprint density at radius 3 is 3.00 bits per heavy atom. The summed E-state index contributed by atoms with van der Waals surface area (Å²) in [5, 5.41) is 5.47. The molecule has 1 aromatic heterocycles. The topological polar surface area (TPSA) is 71.1 Å². The van der Waals surface area contributed by atoms with Crippen molar-refractivity contribution in [1.29, 1.82) is 0 Å². The van der Waals surface area contributed by atoms with Gasteiger partial charge in [0.1, 0.15) is 0 Å². The Kier molecular flexibility index (Phi) is 4.97. The zero-order valence-electron chi connectivity index (χ0n) is 12.5. The van der Waals surface area contributed by atoms with Crippen molar-refractivity contribution in [3.05, 3.63) is 18.5 Å². The number of nitrogens with one attached hydrogen (secondary N) is 2. The van der Waals surface area contributed by atoms with Crippen molar-refractivity contribution in [3.63, 3.8) is 0 Å². The summed E-state index contributed by atoms with van der Waals surface area (Å²) >= 11 is 1.42. The highest BCUT2D eigenvalue weighted by molar-refractivity contribution is 8.01. The standard InChI is InChI=1S/C16H21N3O2S/c20-15(18-9-11-4-2-1-3-5-11)8-13-16(21)19-12-6-7-17-10-14(12)22-13/h6-7,10-11,13H,1-5,8-9H2,(H,18,20)(H,19,21). The molecule has 1 atom stereocenters. The van der Waals surface area contributed by atoms with Gasteiger partial charge in [-0.3, -0.25) is 14.6 Å². The fourth-order valence-corrected chi connectivity index (χ4v) is 4.10. The fourth-order valence-electron chi connectivity index (χ4n) is 3.02. The maximum atomic E-state index is 12.1. The Hall–Kier alpha value is -1.56. The summed E-state index contributed by atoms with van der Waals surface area (Å²) in [6, 6.07) is 1.78. The molecule has 22 heavy (non-hydrogen) atoms. The number of carbonyl (C=O) groups is 2. The largest absolute Gasteiger partial charge is 0.356 e. The number of thioether (sulfide) groups is 1. The van der Waals surface area contributed by atoms with Crippen LogP contribution in [-0.2, 0) is 9.59 Å². The average molecular weight is 319 g/mol. The van der Waals surface area contributed by atoms with Gasteiger partial charge in [0.05, 0.1) is 15.8 Å². The van der Waals surface area contributed by atoms with Crippen LogP contribution in [0.3, 0.4) is 0 Å². The third-order valence-corrected chi connectivity index (χ3v) is 5.53. The molecule has 1 unspecified atom stereocenters. The van der Waals surface area contributed by atoms with E-state index in [4.69, 9.17) is 0 Å². The fraction of sp³-hybridized carbons (Fsp3) is 0.562. The van der Waals surface area contributed by atoms with Crippen LogP contribution in [0.25, 0.3) is 0 Å². The number of anilines is 1. The zero-order valence-corrected chi connectivity index (χ0v) is 13.3. The van der Waals surface area contributed by atoms with Gasteiger partial charge < -0.3 is 10.6 Å². The van der Waals surface area contributed by atoms with Gasteiger partial charge in [-0.2, -0.15) is 0 Å². The molecule has 0 aromatic carbocycles. The molecule has 118 valence electrons. The second-order valence-corrected chi connectivity index (χ2v) is 7.22. The van der Waals surface area contributed by atoms with E-state index in [1.165, 1.54) is 43.9 Å². The van der Waals surface area contributed by atoms with Crippen molar-refractivity contribution < 1.29 is 9.59 Å². The van der Waals surface area contributed by atoms with Gasteiger partial charge in [0.2, 0.25) is 11.8 Å². The molecular weight excluding hydrogens is 298 g/mol. The number of rotatable bonds is 4. The molecule has 2 aliphatic rings. The Labute approximate surface area is 134 Å². The molecular formula is C16H21N3O2S. The van der Waals surface area contributed by atoms with Crippen LogP contribution in [0.4, 0.5) is 5.69 Å². The van der Waals surface area contributed by atoms with Crippen molar-refractivity contribution in [1.82, 2.24) is 10.3 Å². The Balaban J connectivity index is 1.50. The first-order valence-corrected chi connectivity index (χ1v) is 8.78.